The zero-order valence-electron chi connectivity index (χ0n) is 19.2. The van der Waals surface area contributed by atoms with E-state index in [0.29, 0.717) is 23.8 Å². The van der Waals surface area contributed by atoms with E-state index in [9.17, 15) is 9.18 Å². The number of carbonyl (C=O) groups is 1. The van der Waals surface area contributed by atoms with Crippen LogP contribution in [0, 0.1) is 11.7 Å². The van der Waals surface area contributed by atoms with Gasteiger partial charge in [0, 0.05) is 31.3 Å². The molecule has 4 rings (SSSR count). The normalized spacial score (nSPS) is 15.8. The Kier molecular flexibility index (Phi) is 7.78. The topological polar surface area (TPSA) is 32.8 Å². The summed E-state index contributed by atoms with van der Waals surface area (Å²) in [6.45, 7) is 2.38. The highest BCUT2D eigenvalue weighted by molar-refractivity contribution is 7.12. The van der Waals surface area contributed by atoms with Crippen LogP contribution >= 0.6 is 11.3 Å². The first kappa shape index (κ1) is 23.5. The van der Waals surface area contributed by atoms with Gasteiger partial charge in [-0.2, -0.15) is 0 Å². The first-order valence-electron chi connectivity index (χ1n) is 11.4. The lowest BCUT2D eigenvalue weighted by atomic mass is 9.84. The van der Waals surface area contributed by atoms with Gasteiger partial charge in [-0.3, -0.25) is 9.69 Å². The third kappa shape index (κ3) is 5.81. The Bertz CT molecular complexity index is 1030. The molecule has 0 bridgehead atoms. The number of likely N-dealkylation sites (N-methyl/N-ethyl adjacent to an activating group) is 1. The van der Waals surface area contributed by atoms with E-state index in [2.05, 4.69) is 29.2 Å². The Balaban J connectivity index is 1.44. The summed E-state index contributed by atoms with van der Waals surface area (Å²) in [7, 11) is 3.49. The number of hydrogen-bond acceptors (Lipinski definition) is 4. The molecule has 1 aromatic heterocycles. The number of rotatable bonds is 8. The summed E-state index contributed by atoms with van der Waals surface area (Å²) >= 11 is 1.49. The second-order valence-corrected chi connectivity index (χ2v) is 9.67. The largest absolute Gasteiger partial charge is 0.497 e. The molecule has 1 aliphatic rings. The number of methoxy groups -OCH3 is 1. The Hall–Kier alpha value is -2.70. The molecule has 6 heteroatoms. The molecule has 1 atom stereocenters. The predicted octanol–water partition coefficient (Wildman–Crippen LogP) is 5.49. The molecule has 1 fully saturated rings. The molecule has 2 heterocycles. The summed E-state index contributed by atoms with van der Waals surface area (Å²) in [6, 6.07) is 19.4. The molecular formula is C27H31FN2O2S. The van der Waals surface area contributed by atoms with Gasteiger partial charge in [-0.1, -0.05) is 42.5 Å². The van der Waals surface area contributed by atoms with Crippen LogP contribution in [0.25, 0.3) is 0 Å². The molecule has 0 radical (unpaired) electrons. The zero-order valence-corrected chi connectivity index (χ0v) is 20.1. The van der Waals surface area contributed by atoms with E-state index in [1.807, 2.05) is 47.7 Å². The van der Waals surface area contributed by atoms with Gasteiger partial charge in [-0.25, -0.2) is 4.39 Å². The van der Waals surface area contributed by atoms with Crippen LogP contribution in [-0.4, -0.2) is 49.0 Å². The fraction of sp³-hybridized carbons (Fsp3) is 0.370. The molecule has 33 heavy (non-hydrogen) atoms. The first-order chi connectivity index (χ1) is 16.0. The molecule has 3 aromatic rings. The number of nitrogens with zero attached hydrogens (tertiary/aromatic N) is 2. The summed E-state index contributed by atoms with van der Waals surface area (Å²) in [6.07, 6.45) is 2.81. The highest BCUT2D eigenvalue weighted by Gasteiger charge is 2.32. The van der Waals surface area contributed by atoms with Crippen molar-refractivity contribution in [1.29, 1.82) is 0 Å². The third-order valence-electron chi connectivity index (χ3n) is 6.67. The van der Waals surface area contributed by atoms with Crippen molar-refractivity contribution in [3.8, 4) is 5.75 Å². The Morgan fingerprint density at radius 1 is 1.15 bits per heavy atom. The van der Waals surface area contributed by atoms with Crippen molar-refractivity contribution in [2.24, 2.45) is 5.92 Å². The van der Waals surface area contributed by atoms with Crippen LogP contribution in [0.4, 0.5) is 4.39 Å². The highest BCUT2D eigenvalue weighted by Crippen LogP contribution is 2.29. The van der Waals surface area contributed by atoms with Gasteiger partial charge in [-0.15, -0.1) is 11.3 Å². The monoisotopic (exact) mass is 466 g/mol. The Morgan fingerprint density at radius 2 is 1.91 bits per heavy atom. The Labute approximate surface area is 199 Å². The molecule has 174 valence electrons. The smallest absolute Gasteiger partial charge is 0.263 e. The van der Waals surface area contributed by atoms with E-state index >= 15 is 0 Å². The van der Waals surface area contributed by atoms with Crippen LogP contribution in [0.3, 0.4) is 0 Å². The third-order valence-corrected chi connectivity index (χ3v) is 7.53. The van der Waals surface area contributed by atoms with Crippen LogP contribution in [0.2, 0.25) is 0 Å². The second kappa shape index (κ2) is 10.9. The summed E-state index contributed by atoms with van der Waals surface area (Å²) in [5.41, 5.74) is 1.94. The quantitative estimate of drug-likeness (QED) is 0.440. The predicted molar refractivity (Wildman–Crippen MR) is 131 cm³/mol. The molecule has 0 saturated carbocycles. The van der Waals surface area contributed by atoms with Crippen LogP contribution < -0.4 is 4.74 Å². The summed E-state index contributed by atoms with van der Waals surface area (Å²) in [5, 5.41) is 1.95. The van der Waals surface area contributed by atoms with Crippen molar-refractivity contribution in [1.82, 2.24) is 9.80 Å². The minimum atomic E-state index is -0.222. The fourth-order valence-corrected chi connectivity index (χ4v) is 5.43. The second-order valence-electron chi connectivity index (χ2n) is 8.72. The number of piperidine rings is 1. The molecule has 2 aromatic carbocycles. The number of thiophene rings is 1. The van der Waals surface area contributed by atoms with Crippen LogP contribution in [-0.2, 0) is 13.0 Å². The molecule has 1 saturated heterocycles. The molecule has 0 N–H and O–H groups in total. The van der Waals surface area contributed by atoms with Crippen molar-refractivity contribution in [2.75, 3.05) is 27.2 Å². The standard InChI is InChI=1S/C27H31FN2O2S/c1-29(27(31)26-9-6-16-33-26)25(17-20-7-4-3-5-8-20)21-12-14-30(15-13-21)19-22-10-11-23(32-2)18-24(22)28/h3-11,16,18,21,25H,12-15,17,19H2,1-2H3/t25-/m1/s1. The molecule has 0 spiro atoms. The number of ether oxygens (including phenoxy) is 1. The maximum Gasteiger partial charge on any atom is 0.263 e. The van der Waals surface area contributed by atoms with Gasteiger partial charge in [0.05, 0.1) is 12.0 Å². The fourth-order valence-electron chi connectivity index (χ4n) is 4.72. The minimum absolute atomic E-state index is 0.0914. The van der Waals surface area contributed by atoms with E-state index in [1.54, 1.807) is 7.11 Å². The number of halogens is 1. The lowest BCUT2D eigenvalue weighted by molar-refractivity contribution is 0.0588. The van der Waals surface area contributed by atoms with E-state index < -0.39 is 0 Å². The average molecular weight is 467 g/mol. The lowest BCUT2D eigenvalue weighted by Crippen LogP contribution is -2.47. The number of amides is 1. The molecule has 0 aliphatic carbocycles. The first-order valence-corrected chi connectivity index (χ1v) is 12.3. The number of carbonyl (C=O) groups excluding carboxylic acids is 1. The van der Waals surface area contributed by atoms with Gasteiger partial charge in [0.2, 0.25) is 0 Å². The zero-order chi connectivity index (χ0) is 23.2. The average Bonchev–Trinajstić information content (AvgIpc) is 3.39. The van der Waals surface area contributed by atoms with Gasteiger partial charge >= 0.3 is 0 Å². The van der Waals surface area contributed by atoms with Crippen molar-refractivity contribution in [2.45, 2.75) is 31.8 Å². The van der Waals surface area contributed by atoms with E-state index in [1.165, 1.54) is 23.0 Å². The van der Waals surface area contributed by atoms with E-state index in [-0.39, 0.29) is 17.8 Å². The lowest BCUT2D eigenvalue weighted by Gasteiger charge is -2.40. The van der Waals surface area contributed by atoms with Gasteiger partial charge in [0.25, 0.3) is 5.91 Å². The van der Waals surface area contributed by atoms with Crippen molar-refractivity contribution in [3.05, 3.63) is 87.9 Å². The molecular weight excluding hydrogens is 435 g/mol. The van der Waals surface area contributed by atoms with Crippen molar-refractivity contribution >= 4 is 17.2 Å². The maximum absolute atomic E-state index is 14.4. The number of likely N-dealkylation sites (tertiary alicyclic amines) is 1. The number of hydrogen-bond donors (Lipinski definition) is 0. The molecule has 1 aliphatic heterocycles. The van der Waals surface area contributed by atoms with Gasteiger partial charge in [-0.05, 0) is 61.3 Å². The van der Waals surface area contributed by atoms with E-state index in [0.717, 1.165) is 37.2 Å². The summed E-state index contributed by atoms with van der Waals surface area (Å²) in [4.78, 5) is 18.2. The minimum Gasteiger partial charge on any atom is -0.497 e. The summed E-state index contributed by atoms with van der Waals surface area (Å²) < 4.78 is 19.5. The SMILES string of the molecule is COc1ccc(CN2CCC([C@@H](Cc3ccccc3)N(C)C(=O)c3cccs3)CC2)c(F)c1. The number of benzene rings is 2. The Morgan fingerprint density at radius 3 is 2.55 bits per heavy atom. The molecule has 1 amide bonds. The van der Waals surface area contributed by atoms with Gasteiger partial charge in [0.15, 0.2) is 0 Å². The van der Waals surface area contributed by atoms with Crippen molar-refractivity contribution in [3.63, 3.8) is 0 Å². The summed E-state index contributed by atoms with van der Waals surface area (Å²) in [5.74, 6) is 0.807. The van der Waals surface area contributed by atoms with Crippen molar-refractivity contribution < 1.29 is 13.9 Å². The van der Waals surface area contributed by atoms with Crippen LogP contribution in [0.5, 0.6) is 5.75 Å². The van der Waals surface area contributed by atoms with Crippen LogP contribution in [0.1, 0.15) is 33.6 Å². The molecule has 0 unspecified atom stereocenters. The van der Waals surface area contributed by atoms with Gasteiger partial charge < -0.3 is 9.64 Å². The van der Waals surface area contributed by atoms with Crippen LogP contribution in [0.15, 0.2) is 66.0 Å². The highest BCUT2D eigenvalue weighted by atomic mass is 32.1. The van der Waals surface area contributed by atoms with E-state index in [4.69, 9.17) is 4.74 Å². The maximum atomic E-state index is 14.4. The molecule has 4 nitrogen and oxygen atoms in total. The van der Waals surface area contributed by atoms with Gasteiger partial charge in [0.1, 0.15) is 11.6 Å².